The molecular weight excluding hydrogens is 398 g/mol. The summed E-state index contributed by atoms with van der Waals surface area (Å²) in [6.07, 6.45) is 5.45. The summed E-state index contributed by atoms with van der Waals surface area (Å²) in [5.41, 5.74) is 1.99. The summed E-state index contributed by atoms with van der Waals surface area (Å²) in [5.74, 6) is 0.364. The first-order valence-electron chi connectivity index (χ1n) is 10.9. The summed E-state index contributed by atoms with van der Waals surface area (Å²) >= 11 is 1.33. The van der Waals surface area contributed by atoms with Crippen LogP contribution < -0.4 is 5.32 Å². The van der Waals surface area contributed by atoms with E-state index in [0.717, 1.165) is 56.1 Å². The van der Waals surface area contributed by atoms with E-state index in [-0.39, 0.29) is 11.8 Å². The lowest BCUT2D eigenvalue weighted by atomic mass is 10.1. The number of hydrogen-bond acceptors (Lipinski definition) is 6. The van der Waals surface area contributed by atoms with Gasteiger partial charge < -0.3 is 10.2 Å². The Balaban J connectivity index is 1.26. The van der Waals surface area contributed by atoms with Gasteiger partial charge in [-0.15, -0.1) is 10.2 Å². The van der Waals surface area contributed by atoms with Crippen molar-refractivity contribution in [3.05, 3.63) is 39.8 Å². The molecule has 2 heterocycles. The van der Waals surface area contributed by atoms with Crippen LogP contribution in [0, 0.1) is 5.92 Å². The Kier molecular flexibility index (Phi) is 6.74. The Morgan fingerprint density at radius 2 is 1.77 bits per heavy atom. The second kappa shape index (κ2) is 9.66. The van der Waals surface area contributed by atoms with Crippen molar-refractivity contribution in [1.82, 2.24) is 20.0 Å². The molecule has 4 rings (SSSR count). The highest BCUT2D eigenvalue weighted by atomic mass is 32.1. The summed E-state index contributed by atoms with van der Waals surface area (Å²) in [6.45, 7) is 5.99. The number of hydrogen-bond donors (Lipinski definition) is 1. The van der Waals surface area contributed by atoms with Crippen molar-refractivity contribution in [3.63, 3.8) is 0 Å². The van der Waals surface area contributed by atoms with E-state index in [2.05, 4.69) is 27.3 Å². The van der Waals surface area contributed by atoms with Gasteiger partial charge in [-0.1, -0.05) is 43.2 Å². The van der Waals surface area contributed by atoms with Crippen molar-refractivity contribution < 1.29 is 9.59 Å². The SMILES string of the molecule is CCc1ccc(NC(=O)c2nnc(CN3CCN(C(=O)C4CCCC4)CC3)s2)cc1. The number of carbonyl (C=O) groups is 2. The largest absolute Gasteiger partial charge is 0.340 e. The number of aromatic nitrogens is 2. The summed E-state index contributed by atoms with van der Waals surface area (Å²) < 4.78 is 0. The van der Waals surface area contributed by atoms with Crippen LogP contribution >= 0.6 is 11.3 Å². The van der Waals surface area contributed by atoms with E-state index >= 15 is 0 Å². The van der Waals surface area contributed by atoms with Crippen LogP contribution in [-0.2, 0) is 17.8 Å². The standard InChI is InChI=1S/C22H29N5O2S/c1-2-16-7-9-18(10-8-16)23-20(28)21-25-24-19(30-21)15-26-11-13-27(14-12-26)22(29)17-5-3-4-6-17/h7-10,17H,2-6,11-15H2,1H3,(H,23,28). The zero-order chi connectivity index (χ0) is 20.9. The number of amides is 2. The predicted molar refractivity (Wildman–Crippen MR) is 117 cm³/mol. The van der Waals surface area contributed by atoms with E-state index in [1.54, 1.807) is 0 Å². The molecule has 1 aliphatic heterocycles. The molecule has 1 aliphatic carbocycles. The molecule has 1 saturated heterocycles. The van der Waals surface area contributed by atoms with Gasteiger partial charge >= 0.3 is 0 Å². The van der Waals surface area contributed by atoms with E-state index in [0.29, 0.717) is 17.5 Å². The third-order valence-electron chi connectivity index (χ3n) is 6.03. The fraction of sp³-hybridized carbons (Fsp3) is 0.545. The molecule has 1 aromatic carbocycles. The Morgan fingerprint density at radius 1 is 1.07 bits per heavy atom. The summed E-state index contributed by atoms with van der Waals surface area (Å²) in [5, 5.41) is 12.4. The van der Waals surface area contributed by atoms with Crippen molar-refractivity contribution in [2.45, 2.75) is 45.6 Å². The second-order valence-electron chi connectivity index (χ2n) is 8.09. The molecule has 0 atom stereocenters. The van der Waals surface area contributed by atoms with Crippen LogP contribution in [-0.4, -0.2) is 58.0 Å². The average Bonchev–Trinajstić information content (AvgIpc) is 3.47. The van der Waals surface area contributed by atoms with Gasteiger partial charge in [0, 0.05) is 37.8 Å². The van der Waals surface area contributed by atoms with Gasteiger partial charge in [0.2, 0.25) is 10.9 Å². The van der Waals surface area contributed by atoms with Crippen molar-refractivity contribution >= 4 is 28.8 Å². The monoisotopic (exact) mass is 427 g/mol. The predicted octanol–water partition coefficient (Wildman–Crippen LogP) is 3.19. The van der Waals surface area contributed by atoms with Gasteiger partial charge in [-0.3, -0.25) is 14.5 Å². The molecule has 8 heteroatoms. The van der Waals surface area contributed by atoms with Gasteiger partial charge in [-0.05, 0) is 37.0 Å². The minimum absolute atomic E-state index is 0.227. The number of aryl methyl sites for hydroxylation is 1. The van der Waals surface area contributed by atoms with Crippen LogP contribution in [0.1, 0.15) is 53.0 Å². The average molecular weight is 428 g/mol. The highest BCUT2D eigenvalue weighted by Crippen LogP contribution is 2.27. The molecule has 2 amide bonds. The maximum Gasteiger partial charge on any atom is 0.286 e. The number of anilines is 1. The Labute approximate surface area is 181 Å². The lowest BCUT2D eigenvalue weighted by Crippen LogP contribution is -2.49. The minimum Gasteiger partial charge on any atom is -0.340 e. The second-order valence-corrected chi connectivity index (χ2v) is 9.15. The zero-order valence-electron chi connectivity index (χ0n) is 17.5. The molecule has 0 bridgehead atoms. The number of rotatable bonds is 6. The zero-order valence-corrected chi connectivity index (χ0v) is 18.3. The lowest BCUT2D eigenvalue weighted by molar-refractivity contribution is -0.137. The van der Waals surface area contributed by atoms with Crippen LogP contribution in [0.4, 0.5) is 5.69 Å². The third-order valence-corrected chi connectivity index (χ3v) is 6.94. The highest BCUT2D eigenvalue weighted by Gasteiger charge is 2.29. The molecule has 2 aromatic rings. The Hall–Kier alpha value is -2.32. The maximum atomic E-state index is 12.6. The van der Waals surface area contributed by atoms with Crippen LogP contribution in [0.15, 0.2) is 24.3 Å². The van der Waals surface area contributed by atoms with Gasteiger partial charge in [-0.2, -0.15) is 0 Å². The van der Waals surface area contributed by atoms with Crippen molar-refractivity contribution in [2.75, 3.05) is 31.5 Å². The number of carbonyl (C=O) groups excluding carboxylic acids is 2. The van der Waals surface area contributed by atoms with Crippen LogP contribution in [0.5, 0.6) is 0 Å². The molecule has 30 heavy (non-hydrogen) atoms. The molecule has 2 fully saturated rings. The van der Waals surface area contributed by atoms with E-state index in [1.807, 2.05) is 29.2 Å². The highest BCUT2D eigenvalue weighted by molar-refractivity contribution is 7.13. The third kappa shape index (κ3) is 5.05. The number of benzene rings is 1. The quantitative estimate of drug-likeness (QED) is 0.766. The molecule has 1 N–H and O–H groups in total. The van der Waals surface area contributed by atoms with E-state index in [4.69, 9.17) is 0 Å². The fourth-order valence-corrected chi connectivity index (χ4v) is 4.94. The van der Waals surface area contributed by atoms with Crippen molar-refractivity contribution in [3.8, 4) is 0 Å². The summed E-state index contributed by atoms with van der Waals surface area (Å²) in [6, 6.07) is 7.84. The first-order chi connectivity index (χ1) is 14.6. The van der Waals surface area contributed by atoms with Crippen molar-refractivity contribution in [2.24, 2.45) is 5.92 Å². The van der Waals surface area contributed by atoms with Gasteiger partial charge in [0.05, 0.1) is 6.54 Å². The van der Waals surface area contributed by atoms with Crippen LogP contribution in [0.25, 0.3) is 0 Å². The molecule has 0 unspecified atom stereocenters. The Bertz CT molecular complexity index is 868. The van der Waals surface area contributed by atoms with Gasteiger partial charge in [0.1, 0.15) is 5.01 Å². The summed E-state index contributed by atoms with van der Waals surface area (Å²) in [7, 11) is 0. The van der Waals surface area contributed by atoms with E-state index in [1.165, 1.54) is 29.7 Å². The van der Waals surface area contributed by atoms with Crippen LogP contribution in [0.2, 0.25) is 0 Å². The number of piperazine rings is 1. The first kappa shape index (κ1) is 20.9. The topological polar surface area (TPSA) is 78.4 Å². The van der Waals surface area contributed by atoms with E-state index < -0.39 is 0 Å². The van der Waals surface area contributed by atoms with Crippen LogP contribution in [0.3, 0.4) is 0 Å². The fourth-order valence-electron chi connectivity index (χ4n) is 4.17. The summed E-state index contributed by atoms with van der Waals surface area (Å²) in [4.78, 5) is 29.3. The smallest absolute Gasteiger partial charge is 0.286 e. The maximum absolute atomic E-state index is 12.6. The molecule has 2 aliphatic rings. The molecule has 1 aromatic heterocycles. The minimum atomic E-state index is -0.227. The lowest BCUT2D eigenvalue weighted by Gasteiger charge is -2.35. The van der Waals surface area contributed by atoms with E-state index in [9.17, 15) is 9.59 Å². The van der Waals surface area contributed by atoms with Gasteiger partial charge in [0.15, 0.2) is 0 Å². The molecule has 0 spiro atoms. The molecule has 0 radical (unpaired) electrons. The number of nitrogens with one attached hydrogen (secondary N) is 1. The Morgan fingerprint density at radius 3 is 2.43 bits per heavy atom. The van der Waals surface area contributed by atoms with Gasteiger partial charge in [-0.25, -0.2) is 0 Å². The first-order valence-corrected chi connectivity index (χ1v) is 11.7. The molecule has 1 saturated carbocycles. The van der Waals surface area contributed by atoms with Crippen molar-refractivity contribution in [1.29, 1.82) is 0 Å². The normalized spacial score (nSPS) is 18.0. The molecule has 7 nitrogen and oxygen atoms in total. The molecule has 160 valence electrons. The number of nitrogens with zero attached hydrogens (tertiary/aromatic N) is 4. The molecular formula is C22H29N5O2S. The van der Waals surface area contributed by atoms with Gasteiger partial charge in [0.25, 0.3) is 5.91 Å².